The molecule has 25 heavy (non-hydrogen) atoms. The Bertz CT molecular complexity index is 1140. The van der Waals surface area contributed by atoms with Gasteiger partial charge < -0.3 is 14.5 Å². The van der Waals surface area contributed by atoms with Gasteiger partial charge in [0.05, 0.1) is 17.4 Å². The van der Waals surface area contributed by atoms with Gasteiger partial charge in [0, 0.05) is 17.5 Å². The molecule has 0 saturated carbocycles. The van der Waals surface area contributed by atoms with E-state index in [-0.39, 0.29) is 12.5 Å². The molecule has 8 heteroatoms. The Morgan fingerprint density at radius 3 is 2.96 bits per heavy atom. The minimum atomic E-state index is -0.438. The quantitative estimate of drug-likeness (QED) is 0.567. The van der Waals surface area contributed by atoms with Gasteiger partial charge in [0.1, 0.15) is 22.4 Å². The Morgan fingerprint density at radius 2 is 2.04 bits per heavy atom. The summed E-state index contributed by atoms with van der Waals surface area (Å²) < 4.78 is 18.9. The summed E-state index contributed by atoms with van der Waals surface area (Å²) in [5.74, 6) is 0.112. The number of fused-ring (bicyclic) bond motifs is 2. The first-order valence-electron chi connectivity index (χ1n) is 7.37. The van der Waals surface area contributed by atoms with Crippen molar-refractivity contribution in [3.8, 4) is 5.75 Å². The van der Waals surface area contributed by atoms with E-state index in [1.54, 1.807) is 36.4 Å². The van der Waals surface area contributed by atoms with Crippen molar-refractivity contribution in [1.29, 1.82) is 0 Å². The first kappa shape index (κ1) is 15.3. The van der Waals surface area contributed by atoms with E-state index in [9.17, 15) is 9.59 Å². The molecule has 0 atom stereocenters. The van der Waals surface area contributed by atoms with Crippen LogP contribution in [0.3, 0.4) is 0 Å². The summed E-state index contributed by atoms with van der Waals surface area (Å²) in [6.07, 6.45) is 0. The summed E-state index contributed by atoms with van der Waals surface area (Å²) in [5, 5.41) is 3.53. The maximum Gasteiger partial charge on any atom is 0.336 e. The lowest BCUT2D eigenvalue weighted by molar-refractivity contribution is -0.118. The molecule has 124 valence electrons. The molecule has 2 heterocycles. The van der Waals surface area contributed by atoms with E-state index in [4.69, 9.17) is 9.15 Å². The summed E-state index contributed by atoms with van der Waals surface area (Å²) in [6, 6.07) is 13.4. The van der Waals surface area contributed by atoms with E-state index in [1.165, 1.54) is 6.07 Å². The number of carbonyl (C=O) groups is 1. The fourth-order valence-corrected chi connectivity index (χ4v) is 2.92. The zero-order valence-electron chi connectivity index (χ0n) is 12.8. The van der Waals surface area contributed by atoms with Crippen molar-refractivity contribution in [3.05, 3.63) is 59.0 Å². The number of benzene rings is 2. The van der Waals surface area contributed by atoms with Gasteiger partial charge >= 0.3 is 5.63 Å². The second kappa shape index (κ2) is 6.33. The minimum Gasteiger partial charge on any atom is -0.484 e. The number of amides is 1. The van der Waals surface area contributed by atoms with Gasteiger partial charge in [-0.2, -0.15) is 8.75 Å². The molecule has 0 fully saturated rings. The van der Waals surface area contributed by atoms with Crippen LogP contribution in [0.2, 0.25) is 0 Å². The lowest BCUT2D eigenvalue weighted by Gasteiger charge is -2.08. The van der Waals surface area contributed by atoms with Crippen LogP contribution in [0.15, 0.2) is 57.7 Å². The number of aromatic nitrogens is 2. The maximum atomic E-state index is 12.1. The Kier molecular flexibility index (Phi) is 3.87. The molecule has 0 aliphatic rings. The SMILES string of the molecule is O=C(COc1ccc2ccc(=O)oc2c1)Nc1cccc2nsnc12. The monoisotopic (exact) mass is 353 g/mol. The van der Waals surface area contributed by atoms with Gasteiger partial charge in [0.15, 0.2) is 6.61 Å². The molecule has 0 radical (unpaired) electrons. The Morgan fingerprint density at radius 1 is 1.16 bits per heavy atom. The molecule has 7 nitrogen and oxygen atoms in total. The van der Waals surface area contributed by atoms with Gasteiger partial charge in [-0.15, -0.1) is 0 Å². The summed E-state index contributed by atoms with van der Waals surface area (Å²) in [7, 11) is 0. The van der Waals surface area contributed by atoms with Crippen LogP contribution in [-0.4, -0.2) is 21.3 Å². The predicted molar refractivity (Wildman–Crippen MR) is 94.0 cm³/mol. The third-order valence-electron chi connectivity index (χ3n) is 3.52. The van der Waals surface area contributed by atoms with Crippen LogP contribution in [0, 0.1) is 0 Å². The van der Waals surface area contributed by atoms with Crippen molar-refractivity contribution in [2.24, 2.45) is 0 Å². The van der Waals surface area contributed by atoms with Crippen LogP contribution < -0.4 is 15.7 Å². The molecule has 4 rings (SSSR count). The molecule has 0 aliphatic carbocycles. The Hall–Kier alpha value is -3.26. The third-order valence-corrected chi connectivity index (χ3v) is 4.07. The second-order valence-corrected chi connectivity index (χ2v) is 5.76. The number of nitrogens with one attached hydrogen (secondary N) is 1. The maximum absolute atomic E-state index is 12.1. The molecule has 1 N–H and O–H groups in total. The summed E-state index contributed by atoms with van der Waals surface area (Å²) in [6.45, 7) is -0.184. The number of ether oxygens (including phenoxy) is 1. The van der Waals surface area contributed by atoms with E-state index in [2.05, 4.69) is 14.1 Å². The predicted octanol–water partition coefficient (Wildman–Crippen LogP) is 2.82. The van der Waals surface area contributed by atoms with Gasteiger partial charge in [-0.05, 0) is 30.3 Å². The average molecular weight is 353 g/mol. The van der Waals surface area contributed by atoms with Crippen LogP contribution in [0.1, 0.15) is 0 Å². The van der Waals surface area contributed by atoms with Crippen molar-refractivity contribution >= 4 is 45.3 Å². The summed E-state index contributed by atoms with van der Waals surface area (Å²) in [4.78, 5) is 23.4. The fourth-order valence-electron chi connectivity index (χ4n) is 2.37. The van der Waals surface area contributed by atoms with E-state index in [0.717, 1.165) is 22.6 Å². The van der Waals surface area contributed by atoms with Crippen LogP contribution in [-0.2, 0) is 4.79 Å². The molecular weight excluding hydrogens is 342 g/mol. The molecular formula is C17H11N3O4S. The van der Waals surface area contributed by atoms with Crippen molar-refractivity contribution in [2.75, 3.05) is 11.9 Å². The normalized spacial score (nSPS) is 10.9. The lowest BCUT2D eigenvalue weighted by atomic mass is 10.2. The van der Waals surface area contributed by atoms with Crippen molar-refractivity contribution in [2.45, 2.75) is 0 Å². The van der Waals surface area contributed by atoms with Crippen LogP contribution in [0.5, 0.6) is 5.75 Å². The molecule has 2 aromatic heterocycles. The molecule has 0 unspecified atom stereocenters. The van der Waals surface area contributed by atoms with Crippen molar-refractivity contribution in [3.63, 3.8) is 0 Å². The fraction of sp³-hybridized carbons (Fsp3) is 0.0588. The molecule has 0 bridgehead atoms. The number of anilines is 1. The highest BCUT2D eigenvalue weighted by Gasteiger charge is 2.09. The highest BCUT2D eigenvalue weighted by atomic mass is 32.1. The van der Waals surface area contributed by atoms with Crippen molar-refractivity contribution < 1.29 is 13.9 Å². The number of rotatable bonds is 4. The molecule has 2 aromatic carbocycles. The number of carbonyl (C=O) groups excluding carboxylic acids is 1. The molecule has 0 spiro atoms. The summed E-state index contributed by atoms with van der Waals surface area (Å²) in [5.41, 5.74) is 1.93. The molecule has 1 amide bonds. The van der Waals surface area contributed by atoms with Gasteiger partial charge in [0.2, 0.25) is 0 Å². The van der Waals surface area contributed by atoms with Crippen LogP contribution in [0.4, 0.5) is 5.69 Å². The Labute approximate surface area is 145 Å². The number of nitrogens with zero attached hydrogens (tertiary/aromatic N) is 2. The third kappa shape index (κ3) is 3.20. The van der Waals surface area contributed by atoms with Gasteiger partial charge in [-0.1, -0.05) is 6.07 Å². The van der Waals surface area contributed by atoms with E-state index < -0.39 is 5.63 Å². The molecule has 0 saturated heterocycles. The molecule has 0 aliphatic heterocycles. The Balaban J connectivity index is 1.46. The van der Waals surface area contributed by atoms with Gasteiger partial charge in [-0.25, -0.2) is 4.79 Å². The first-order valence-corrected chi connectivity index (χ1v) is 8.10. The van der Waals surface area contributed by atoms with Crippen LogP contribution in [0.25, 0.3) is 22.0 Å². The van der Waals surface area contributed by atoms with E-state index >= 15 is 0 Å². The zero-order valence-corrected chi connectivity index (χ0v) is 13.6. The smallest absolute Gasteiger partial charge is 0.336 e. The summed E-state index contributed by atoms with van der Waals surface area (Å²) >= 11 is 1.09. The average Bonchev–Trinajstić information content (AvgIpc) is 3.09. The first-order chi connectivity index (χ1) is 12.2. The minimum absolute atomic E-state index is 0.184. The largest absolute Gasteiger partial charge is 0.484 e. The molecule has 4 aromatic rings. The van der Waals surface area contributed by atoms with E-state index in [0.29, 0.717) is 22.5 Å². The van der Waals surface area contributed by atoms with Gasteiger partial charge in [0.25, 0.3) is 5.91 Å². The van der Waals surface area contributed by atoms with Gasteiger partial charge in [-0.3, -0.25) is 4.79 Å². The number of hydrogen-bond donors (Lipinski definition) is 1. The number of hydrogen-bond acceptors (Lipinski definition) is 7. The zero-order chi connectivity index (χ0) is 17.2. The standard InChI is InChI=1S/C17H11N3O4S/c21-15(18-12-2-1-3-13-17(12)20-25-19-13)9-23-11-6-4-10-5-7-16(22)24-14(10)8-11/h1-8H,9H2,(H,18,21). The van der Waals surface area contributed by atoms with Crippen molar-refractivity contribution in [1.82, 2.24) is 8.75 Å². The lowest BCUT2D eigenvalue weighted by Crippen LogP contribution is -2.20. The second-order valence-electron chi connectivity index (χ2n) is 5.23. The van der Waals surface area contributed by atoms with E-state index in [1.807, 2.05) is 6.07 Å². The highest BCUT2D eigenvalue weighted by Crippen LogP contribution is 2.22. The topological polar surface area (TPSA) is 94.3 Å². The van der Waals surface area contributed by atoms with Crippen LogP contribution >= 0.6 is 11.7 Å². The highest BCUT2D eigenvalue weighted by molar-refractivity contribution is 7.00.